The molecule has 0 unspecified atom stereocenters. The van der Waals surface area contributed by atoms with Crippen LogP contribution in [0.3, 0.4) is 0 Å². The molecule has 0 radical (unpaired) electrons. The van der Waals surface area contributed by atoms with E-state index in [0.717, 1.165) is 0 Å². The van der Waals surface area contributed by atoms with E-state index in [1.807, 2.05) is 0 Å². The zero-order valence-electron chi connectivity index (χ0n) is 28.7. The molecule has 9 rings (SSSR count). The Labute approximate surface area is 287 Å². The maximum atomic E-state index is 2.42. The molecule has 0 amide bonds. The quantitative estimate of drug-likeness (QED) is 0.183. The van der Waals surface area contributed by atoms with E-state index in [-0.39, 0.29) is 0 Å². The van der Waals surface area contributed by atoms with Crippen LogP contribution >= 0.6 is 0 Å². The lowest BCUT2D eigenvalue weighted by Gasteiger charge is -2.22. The van der Waals surface area contributed by atoms with Crippen LogP contribution in [0.4, 0.5) is 0 Å². The Morgan fingerprint density at radius 1 is 0.347 bits per heavy atom. The number of hydrogen-bond donors (Lipinski definition) is 0. The first-order valence-electron chi connectivity index (χ1n) is 17.2. The molecule has 0 spiro atoms. The molecule has 0 atom stereocenters. The van der Waals surface area contributed by atoms with Crippen LogP contribution in [0.1, 0.15) is 27.8 Å². The summed E-state index contributed by atoms with van der Waals surface area (Å²) in [6, 6.07) is 51.1. The molecule has 2 nitrogen and oxygen atoms in total. The summed E-state index contributed by atoms with van der Waals surface area (Å²) in [5.74, 6) is 0. The summed E-state index contributed by atoms with van der Waals surface area (Å²) in [7, 11) is 0. The van der Waals surface area contributed by atoms with Crippen molar-refractivity contribution >= 4 is 43.6 Å². The van der Waals surface area contributed by atoms with Crippen molar-refractivity contribution in [1.82, 2.24) is 9.13 Å². The van der Waals surface area contributed by atoms with Crippen molar-refractivity contribution in [2.45, 2.75) is 34.6 Å². The minimum absolute atomic E-state index is 1.18. The fourth-order valence-electron chi connectivity index (χ4n) is 8.40. The van der Waals surface area contributed by atoms with Crippen molar-refractivity contribution in [1.29, 1.82) is 0 Å². The van der Waals surface area contributed by atoms with Crippen molar-refractivity contribution in [3.8, 4) is 33.6 Å². The third-order valence-corrected chi connectivity index (χ3v) is 10.9. The molecule has 9 aromatic rings. The summed E-state index contributed by atoms with van der Waals surface area (Å²) >= 11 is 0. The van der Waals surface area contributed by atoms with Crippen LogP contribution < -0.4 is 0 Å². The third kappa shape index (κ3) is 4.34. The number of aromatic nitrogens is 2. The third-order valence-electron chi connectivity index (χ3n) is 10.9. The maximum Gasteiger partial charge on any atom is 0.0541 e. The van der Waals surface area contributed by atoms with Crippen LogP contribution in [0.2, 0.25) is 0 Å². The molecule has 2 aromatic heterocycles. The Morgan fingerprint density at radius 2 is 0.714 bits per heavy atom. The molecule has 0 saturated carbocycles. The van der Waals surface area contributed by atoms with Gasteiger partial charge in [-0.1, -0.05) is 91.0 Å². The summed E-state index contributed by atoms with van der Waals surface area (Å²) in [4.78, 5) is 0. The summed E-state index contributed by atoms with van der Waals surface area (Å²) in [5.41, 5.74) is 19.2. The lowest BCUT2D eigenvalue weighted by Crippen LogP contribution is -2.02. The van der Waals surface area contributed by atoms with Crippen LogP contribution in [0.25, 0.3) is 77.2 Å². The first-order valence-corrected chi connectivity index (χ1v) is 17.2. The van der Waals surface area contributed by atoms with E-state index >= 15 is 0 Å². The highest BCUT2D eigenvalue weighted by molar-refractivity contribution is 6.10. The first-order chi connectivity index (χ1) is 23.9. The van der Waals surface area contributed by atoms with Gasteiger partial charge in [-0.3, -0.25) is 0 Å². The van der Waals surface area contributed by atoms with E-state index in [2.05, 4.69) is 183 Å². The molecular weight excluding hydrogens is 593 g/mol. The predicted molar refractivity (Wildman–Crippen MR) is 210 cm³/mol. The normalized spacial score (nSPS) is 11.8. The Kier molecular flexibility index (Phi) is 6.64. The molecule has 0 saturated heterocycles. The van der Waals surface area contributed by atoms with Gasteiger partial charge in [0.2, 0.25) is 0 Å². The van der Waals surface area contributed by atoms with Crippen LogP contribution in [-0.2, 0) is 0 Å². The van der Waals surface area contributed by atoms with E-state index in [9.17, 15) is 0 Å². The Bertz CT molecular complexity index is 2620. The molecule has 236 valence electrons. The number of para-hydroxylation sites is 4. The highest BCUT2D eigenvalue weighted by atomic mass is 15.0. The standard InChI is InChI=1S/C47H38N2/c1-29-28-35(24-27-41(29)49-44-20-12-8-16-39(44)40-17-9-13-21-45(40)49)47-32(4)30(2)46(31(3)33(47)5)34-22-25-36(26-23-34)48-42-18-10-6-14-37(42)38-15-7-11-19-43(38)48/h6-28H,1-5H3. The molecule has 0 aliphatic rings. The molecule has 0 bridgehead atoms. The highest BCUT2D eigenvalue weighted by Crippen LogP contribution is 2.41. The lowest BCUT2D eigenvalue weighted by atomic mass is 9.83. The van der Waals surface area contributed by atoms with Gasteiger partial charge < -0.3 is 9.13 Å². The molecule has 0 fully saturated rings. The van der Waals surface area contributed by atoms with Gasteiger partial charge in [0.25, 0.3) is 0 Å². The molecule has 0 aliphatic carbocycles. The van der Waals surface area contributed by atoms with Gasteiger partial charge in [0.15, 0.2) is 0 Å². The van der Waals surface area contributed by atoms with Crippen molar-refractivity contribution in [3.63, 3.8) is 0 Å². The van der Waals surface area contributed by atoms with E-state index in [4.69, 9.17) is 0 Å². The Morgan fingerprint density at radius 3 is 1.14 bits per heavy atom. The van der Waals surface area contributed by atoms with E-state index < -0.39 is 0 Å². The predicted octanol–water partition coefficient (Wildman–Crippen LogP) is 12.8. The minimum atomic E-state index is 1.18. The second kappa shape index (κ2) is 11.1. The molecule has 0 N–H and O–H groups in total. The van der Waals surface area contributed by atoms with Crippen LogP contribution in [0.15, 0.2) is 140 Å². The number of benzene rings is 7. The highest BCUT2D eigenvalue weighted by Gasteiger charge is 2.20. The van der Waals surface area contributed by atoms with Crippen molar-refractivity contribution in [3.05, 3.63) is 167 Å². The maximum absolute atomic E-state index is 2.42. The molecule has 49 heavy (non-hydrogen) atoms. The van der Waals surface area contributed by atoms with Crippen molar-refractivity contribution < 1.29 is 0 Å². The van der Waals surface area contributed by atoms with Gasteiger partial charge in [0, 0.05) is 32.9 Å². The number of nitrogens with zero attached hydrogens (tertiary/aromatic N) is 2. The van der Waals surface area contributed by atoms with Crippen molar-refractivity contribution in [2.75, 3.05) is 0 Å². The van der Waals surface area contributed by atoms with Crippen LogP contribution in [0, 0.1) is 34.6 Å². The van der Waals surface area contributed by atoms with Gasteiger partial charge in [-0.2, -0.15) is 0 Å². The summed E-state index contributed by atoms with van der Waals surface area (Å²) in [6.45, 7) is 11.4. The number of aryl methyl sites for hydroxylation is 1. The SMILES string of the molecule is Cc1cc(-c2c(C)c(C)c(-c3ccc(-n4c5ccccc5c5ccccc54)cc3)c(C)c2C)ccc1-n1c2ccccc2c2ccccc21. The van der Waals surface area contributed by atoms with Gasteiger partial charge in [0.05, 0.1) is 22.1 Å². The number of hydrogen-bond acceptors (Lipinski definition) is 0. The Hall–Kier alpha value is -5.86. The van der Waals surface area contributed by atoms with Crippen molar-refractivity contribution in [2.24, 2.45) is 0 Å². The lowest BCUT2D eigenvalue weighted by molar-refractivity contribution is 1.15. The Balaban J connectivity index is 1.13. The monoisotopic (exact) mass is 630 g/mol. The number of fused-ring (bicyclic) bond motifs is 6. The summed E-state index contributed by atoms with van der Waals surface area (Å²) in [6.07, 6.45) is 0. The second-order valence-corrected chi connectivity index (χ2v) is 13.5. The van der Waals surface area contributed by atoms with E-state index in [1.54, 1.807) is 0 Å². The average molecular weight is 631 g/mol. The first kappa shape index (κ1) is 29.3. The number of rotatable bonds is 4. The molecule has 2 heterocycles. The zero-order valence-corrected chi connectivity index (χ0v) is 28.7. The fraction of sp³-hybridized carbons (Fsp3) is 0.106. The van der Waals surface area contributed by atoms with Crippen LogP contribution in [0.5, 0.6) is 0 Å². The van der Waals surface area contributed by atoms with E-state index in [0.29, 0.717) is 0 Å². The fourth-order valence-corrected chi connectivity index (χ4v) is 8.40. The molecule has 0 aliphatic heterocycles. The largest absolute Gasteiger partial charge is 0.309 e. The van der Waals surface area contributed by atoms with Gasteiger partial charge in [0.1, 0.15) is 0 Å². The molecule has 2 heteroatoms. The average Bonchev–Trinajstić information content (AvgIpc) is 3.65. The van der Waals surface area contributed by atoms with Gasteiger partial charge in [-0.25, -0.2) is 0 Å². The zero-order chi connectivity index (χ0) is 33.4. The summed E-state index contributed by atoms with van der Waals surface area (Å²) in [5, 5.41) is 5.15. The van der Waals surface area contributed by atoms with Gasteiger partial charge in [-0.15, -0.1) is 0 Å². The minimum Gasteiger partial charge on any atom is -0.309 e. The smallest absolute Gasteiger partial charge is 0.0541 e. The van der Waals surface area contributed by atoms with Crippen LogP contribution in [-0.4, -0.2) is 9.13 Å². The van der Waals surface area contributed by atoms with Gasteiger partial charge in [-0.05, 0) is 133 Å². The van der Waals surface area contributed by atoms with E-state index in [1.165, 1.54) is 105 Å². The summed E-state index contributed by atoms with van der Waals surface area (Å²) < 4.78 is 4.81. The second-order valence-electron chi connectivity index (χ2n) is 13.5. The van der Waals surface area contributed by atoms with Gasteiger partial charge >= 0.3 is 0 Å². The molecule has 7 aromatic carbocycles. The molecular formula is C47H38N2. The topological polar surface area (TPSA) is 9.86 Å².